The molecule has 0 aliphatic heterocycles. The van der Waals surface area contributed by atoms with Gasteiger partial charge < -0.3 is 20.5 Å². The molecule has 0 fully saturated rings. The van der Waals surface area contributed by atoms with Crippen molar-refractivity contribution in [2.45, 2.75) is 33.2 Å². The zero-order chi connectivity index (χ0) is 15.6. The van der Waals surface area contributed by atoms with Gasteiger partial charge in [-0.15, -0.1) is 0 Å². The molecular formula is C15H24N2O3. The van der Waals surface area contributed by atoms with Crippen LogP contribution in [0.4, 0.5) is 5.69 Å². The Hall–Kier alpha value is -1.75. The smallest absolute Gasteiger partial charge is 0.231 e. The van der Waals surface area contributed by atoms with E-state index in [9.17, 15) is 4.79 Å². The maximum atomic E-state index is 12.4. The summed E-state index contributed by atoms with van der Waals surface area (Å²) in [6.45, 7) is 7.30. The Bertz CT molecular complexity index is 490. The molecule has 0 aliphatic carbocycles. The first-order chi connectivity index (χ1) is 9.13. The predicted molar refractivity (Wildman–Crippen MR) is 80.2 cm³/mol. The number of benzene rings is 1. The first kappa shape index (κ1) is 16.3. The molecule has 1 rings (SSSR count). The minimum absolute atomic E-state index is 0.159. The van der Waals surface area contributed by atoms with E-state index in [0.29, 0.717) is 17.2 Å². The highest BCUT2D eigenvalue weighted by Crippen LogP contribution is 2.33. The number of hydrogen-bond acceptors (Lipinski definition) is 4. The minimum Gasteiger partial charge on any atom is -0.497 e. The fraction of sp³-hybridized carbons (Fsp3) is 0.533. The van der Waals surface area contributed by atoms with Crippen molar-refractivity contribution < 1.29 is 14.3 Å². The summed E-state index contributed by atoms with van der Waals surface area (Å²) in [5.74, 6) is 1.05. The molecule has 0 aliphatic rings. The molecule has 0 spiro atoms. The number of anilines is 1. The third-order valence-electron chi connectivity index (χ3n) is 3.84. The van der Waals surface area contributed by atoms with Crippen LogP contribution in [-0.2, 0) is 4.79 Å². The topological polar surface area (TPSA) is 73.6 Å². The molecule has 1 aromatic rings. The van der Waals surface area contributed by atoms with Crippen LogP contribution in [0.5, 0.6) is 11.5 Å². The van der Waals surface area contributed by atoms with E-state index >= 15 is 0 Å². The molecular weight excluding hydrogens is 256 g/mol. The minimum atomic E-state index is -0.724. The van der Waals surface area contributed by atoms with Crippen molar-refractivity contribution in [1.29, 1.82) is 0 Å². The summed E-state index contributed by atoms with van der Waals surface area (Å²) in [5, 5.41) is 2.86. The van der Waals surface area contributed by atoms with E-state index in [1.807, 2.05) is 27.7 Å². The fourth-order valence-electron chi connectivity index (χ4n) is 1.47. The van der Waals surface area contributed by atoms with Gasteiger partial charge in [-0.2, -0.15) is 0 Å². The molecule has 112 valence electrons. The predicted octanol–water partition coefficient (Wildman–Crippen LogP) is 2.41. The molecule has 1 amide bonds. The van der Waals surface area contributed by atoms with Crippen LogP contribution in [0.1, 0.15) is 27.7 Å². The van der Waals surface area contributed by atoms with Crippen LogP contribution in [0, 0.1) is 5.41 Å². The van der Waals surface area contributed by atoms with Gasteiger partial charge in [0.25, 0.3) is 0 Å². The van der Waals surface area contributed by atoms with Crippen LogP contribution in [-0.4, -0.2) is 25.7 Å². The molecule has 1 aromatic carbocycles. The molecule has 5 heteroatoms. The van der Waals surface area contributed by atoms with Gasteiger partial charge in [0.1, 0.15) is 11.5 Å². The van der Waals surface area contributed by atoms with Gasteiger partial charge in [0.15, 0.2) is 0 Å². The Morgan fingerprint density at radius 2 is 1.75 bits per heavy atom. The summed E-state index contributed by atoms with van der Waals surface area (Å²) < 4.78 is 10.4. The summed E-state index contributed by atoms with van der Waals surface area (Å²) in [6.07, 6.45) is 0. The van der Waals surface area contributed by atoms with Gasteiger partial charge in [0.05, 0.1) is 25.3 Å². The molecule has 5 nitrogen and oxygen atoms in total. The summed E-state index contributed by atoms with van der Waals surface area (Å²) >= 11 is 0. The van der Waals surface area contributed by atoms with Crippen molar-refractivity contribution in [2.75, 3.05) is 19.5 Å². The SMILES string of the molecule is COc1ccc(NC(=O)C(C)(C)C(C)(C)N)c(OC)c1. The molecule has 0 aromatic heterocycles. The van der Waals surface area contributed by atoms with Gasteiger partial charge in [0.2, 0.25) is 5.91 Å². The number of nitrogens with one attached hydrogen (secondary N) is 1. The lowest BCUT2D eigenvalue weighted by Crippen LogP contribution is -2.53. The van der Waals surface area contributed by atoms with E-state index < -0.39 is 11.0 Å². The standard InChI is InChI=1S/C15H24N2O3/c1-14(2,15(3,4)16)13(18)17-11-8-7-10(19-5)9-12(11)20-6/h7-9H,16H2,1-6H3,(H,17,18). The highest BCUT2D eigenvalue weighted by Gasteiger charge is 2.40. The van der Waals surface area contributed by atoms with Gasteiger partial charge in [-0.25, -0.2) is 0 Å². The van der Waals surface area contributed by atoms with Crippen LogP contribution in [0.15, 0.2) is 18.2 Å². The van der Waals surface area contributed by atoms with Crippen molar-refractivity contribution in [2.24, 2.45) is 11.1 Å². The van der Waals surface area contributed by atoms with Crippen molar-refractivity contribution in [3.05, 3.63) is 18.2 Å². The Morgan fingerprint density at radius 1 is 1.15 bits per heavy atom. The largest absolute Gasteiger partial charge is 0.497 e. The Balaban J connectivity index is 3.02. The number of rotatable bonds is 5. The number of amides is 1. The lowest BCUT2D eigenvalue weighted by Gasteiger charge is -2.37. The van der Waals surface area contributed by atoms with Gasteiger partial charge in [-0.05, 0) is 39.8 Å². The molecule has 0 bridgehead atoms. The zero-order valence-electron chi connectivity index (χ0n) is 13.0. The van der Waals surface area contributed by atoms with Gasteiger partial charge in [-0.3, -0.25) is 4.79 Å². The van der Waals surface area contributed by atoms with E-state index in [-0.39, 0.29) is 5.91 Å². The lowest BCUT2D eigenvalue weighted by atomic mass is 9.74. The maximum absolute atomic E-state index is 12.4. The van der Waals surface area contributed by atoms with Gasteiger partial charge >= 0.3 is 0 Å². The third-order valence-corrected chi connectivity index (χ3v) is 3.84. The number of ether oxygens (including phenoxy) is 2. The first-order valence-electron chi connectivity index (χ1n) is 6.46. The summed E-state index contributed by atoms with van der Waals surface area (Å²) in [6, 6.07) is 5.23. The second-order valence-electron chi connectivity index (χ2n) is 5.87. The monoisotopic (exact) mass is 280 g/mol. The first-order valence-corrected chi connectivity index (χ1v) is 6.46. The van der Waals surface area contributed by atoms with Crippen molar-refractivity contribution in [3.8, 4) is 11.5 Å². The third kappa shape index (κ3) is 3.22. The molecule has 20 heavy (non-hydrogen) atoms. The number of hydrogen-bond donors (Lipinski definition) is 2. The maximum Gasteiger partial charge on any atom is 0.231 e. The van der Waals surface area contributed by atoms with Crippen molar-refractivity contribution >= 4 is 11.6 Å². The molecule has 0 atom stereocenters. The Kier molecular flexibility index (Phi) is 4.65. The number of carbonyl (C=O) groups excluding carboxylic acids is 1. The quantitative estimate of drug-likeness (QED) is 0.868. The zero-order valence-corrected chi connectivity index (χ0v) is 13.0. The number of carbonyl (C=O) groups is 1. The van der Waals surface area contributed by atoms with E-state index in [1.54, 1.807) is 32.4 Å². The van der Waals surface area contributed by atoms with E-state index in [4.69, 9.17) is 15.2 Å². The molecule has 0 unspecified atom stereocenters. The Morgan fingerprint density at radius 3 is 2.20 bits per heavy atom. The van der Waals surface area contributed by atoms with Crippen LogP contribution >= 0.6 is 0 Å². The van der Waals surface area contributed by atoms with Crippen LogP contribution in [0.3, 0.4) is 0 Å². The van der Waals surface area contributed by atoms with Crippen molar-refractivity contribution in [3.63, 3.8) is 0 Å². The van der Waals surface area contributed by atoms with Crippen LogP contribution in [0.2, 0.25) is 0 Å². The number of nitrogens with two attached hydrogens (primary N) is 1. The summed E-state index contributed by atoms with van der Waals surface area (Å²) in [7, 11) is 3.12. The normalized spacial score (nSPS) is 11.9. The van der Waals surface area contributed by atoms with Gasteiger partial charge in [0, 0.05) is 11.6 Å². The van der Waals surface area contributed by atoms with E-state index in [1.165, 1.54) is 0 Å². The van der Waals surface area contributed by atoms with Crippen LogP contribution in [0.25, 0.3) is 0 Å². The number of methoxy groups -OCH3 is 2. The van der Waals surface area contributed by atoms with E-state index in [2.05, 4.69) is 5.32 Å². The molecule has 3 N–H and O–H groups in total. The van der Waals surface area contributed by atoms with Crippen molar-refractivity contribution in [1.82, 2.24) is 0 Å². The molecule has 0 radical (unpaired) electrons. The summed E-state index contributed by atoms with van der Waals surface area (Å²) in [5.41, 5.74) is 5.30. The second-order valence-corrected chi connectivity index (χ2v) is 5.87. The average Bonchev–Trinajstić information content (AvgIpc) is 2.37. The molecule has 0 saturated heterocycles. The lowest BCUT2D eigenvalue weighted by molar-refractivity contribution is -0.126. The second kappa shape index (κ2) is 5.71. The highest BCUT2D eigenvalue weighted by atomic mass is 16.5. The average molecular weight is 280 g/mol. The Labute approximate surface area is 120 Å². The molecule has 0 saturated carbocycles. The fourth-order valence-corrected chi connectivity index (χ4v) is 1.47. The van der Waals surface area contributed by atoms with Gasteiger partial charge in [-0.1, -0.05) is 0 Å². The molecule has 0 heterocycles. The highest BCUT2D eigenvalue weighted by molar-refractivity contribution is 5.97. The van der Waals surface area contributed by atoms with E-state index in [0.717, 1.165) is 0 Å². The summed E-state index contributed by atoms with van der Waals surface area (Å²) in [4.78, 5) is 12.4. The van der Waals surface area contributed by atoms with Crippen LogP contribution < -0.4 is 20.5 Å².